The third-order valence-corrected chi connectivity index (χ3v) is 6.20. The number of hydrogen-bond donors (Lipinski definition) is 2. The van der Waals surface area contributed by atoms with Gasteiger partial charge in [0.2, 0.25) is 5.91 Å². The minimum Gasteiger partial charge on any atom is -0.370 e. The van der Waals surface area contributed by atoms with Gasteiger partial charge >= 0.3 is 0 Å². The number of anilines is 1. The number of rotatable bonds is 7. The summed E-state index contributed by atoms with van der Waals surface area (Å²) in [7, 11) is 0. The van der Waals surface area contributed by atoms with Crippen molar-refractivity contribution in [1.29, 1.82) is 0 Å². The van der Waals surface area contributed by atoms with E-state index in [4.69, 9.17) is 5.73 Å². The third-order valence-electron chi connectivity index (χ3n) is 6.20. The minimum atomic E-state index is 0. The van der Waals surface area contributed by atoms with Crippen molar-refractivity contribution in [1.82, 2.24) is 9.80 Å². The fraction of sp³-hybridized carbons (Fsp3) is 0.636. The summed E-state index contributed by atoms with van der Waals surface area (Å²) in [5, 5.41) is 3.17. The Bertz CT molecular complexity index is 666. The fourth-order valence-corrected chi connectivity index (χ4v) is 3.74. The third kappa shape index (κ3) is 6.84. The number of nitrogens with two attached hydrogens (primary N) is 1. The molecule has 1 aromatic rings. The molecule has 1 saturated carbocycles. The number of amides is 1. The Kier molecular flexibility index (Phi) is 9.68. The van der Waals surface area contributed by atoms with Gasteiger partial charge in [-0.2, -0.15) is 0 Å². The molecule has 3 N–H and O–H groups in total. The normalized spacial score (nSPS) is 19.2. The zero-order valence-corrected chi connectivity index (χ0v) is 20.1. The second kappa shape index (κ2) is 11.7. The van der Waals surface area contributed by atoms with Crippen LogP contribution in [0.3, 0.4) is 0 Å². The molecule has 1 aliphatic carbocycles. The average molecular weight is 513 g/mol. The second-order valence-corrected chi connectivity index (χ2v) is 8.12. The zero-order chi connectivity index (χ0) is 19.9. The number of aliphatic imine (C=N–C) groups is 1. The molecule has 1 heterocycles. The van der Waals surface area contributed by atoms with Crippen LogP contribution in [0.5, 0.6) is 0 Å². The molecule has 7 heteroatoms. The lowest BCUT2D eigenvalue weighted by Gasteiger charge is -2.38. The topological polar surface area (TPSA) is 74.0 Å². The van der Waals surface area contributed by atoms with Crippen LogP contribution in [0, 0.1) is 5.92 Å². The molecule has 0 bridgehead atoms. The van der Waals surface area contributed by atoms with Crippen molar-refractivity contribution >= 4 is 41.5 Å². The van der Waals surface area contributed by atoms with Gasteiger partial charge in [0, 0.05) is 44.3 Å². The van der Waals surface area contributed by atoms with Gasteiger partial charge in [0.05, 0.1) is 6.54 Å². The van der Waals surface area contributed by atoms with Gasteiger partial charge in [0.1, 0.15) is 0 Å². The van der Waals surface area contributed by atoms with E-state index in [0.29, 0.717) is 30.2 Å². The van der Waals surface area contributed by atoms with Gasteiger partial charge in [-0.25, -0.2) is 0 Å². The standard InChI is InChI=1S/C22H35N5O.HI/c1-3-17(2)18-7-9-20(10-8-18)25-22(23)24-11-12-26-13-15-27(16-14-26)21(28)19-5-4-6-19;/h7-10,17,19H,3-6,11-16H2,1-2H3,(H3,23,24,25);1H. The van der Waals surface area contributed by atoms with Crippen LogP contribution in [-0.4, -0.2) is 60.9 Å². The largest absolute Gasteiger partial charge is 0.370 e. The molecule has 162 valence electrons. The smallest absolute Gasteiger partial charge is 0.225 e. The molecule has 6 nitrogen and oxygen atoms in total. The van der Waals surface area contributed by atoms with Crippen LogP contribution in [0.15, 0.2) is 29.3 Å². The van der Waals surface area contributed by atoms with E-state index >= 15 is 0 Å². The maximum absolute atomic E-state index is 12.3. The van der Waals surface area contributed by atoms with Crippen molar-refractivity contribution in [2.75, 3.05) is 44.6 Å². The maximum atomic E-state index is 12.3. The maximum Gasteiger partial charge on any atom is 0.225 e. The number of guanidine groups is 1. The van der Waals surface area contributed by atoms with Crippen LogP contribution in [0.25, 0.3) is 0 Å². The van der Waals surface area contributed by atoms with E-state index in [1.807, 2.05) is 4.90 Å². The summed E-state index contributed by atoms with van der Waals surface area (Å²) in [6.07, 6.45) is 4.52. The van der Waals surface area contributed by atoms with Crippen LogP contribution < -0.4 is 11.1 Å². The number of nitrogens with one attached hydrogen (secondary N) is 1. The lowest BCUT2D eigenvalue weighted by Crippen LogP contribution is -2.51. The van der Waals surface area contributed by atoms with Crippen LogP contribution >= 0.6 is 24.0 Å². The Morgan fingerprint density at radius 3 is 2.41 bits per heavy atom. The molecule has 1 saturated heterocycles. The molecule has 3 rings (SSSR count). The molecule has 0 aromatic heterocycles. The van der Waals surface area contributed by atoms with Gasteiger partial charge in [0.15, 0.2) is 5.96 Å². The highest BCUT2D eigenvalue weighted by atomic mass is 127. The van der Waals surface area contributed by atoms with Crippen LogP contribution in [0.2, 0.25) is 0 Å². The molecule has 1 aliphatic heterocycles. The molecule has 2 fully saturated rings. The van der Waals surface area contributed by atoms with Gasteiger partial charge in [-0.1, -0.05) is 32.4 Å². The summed E-state index contributed by atoms with van der Waals surface area (Å²) in [5.41, 5.74) is 8.34. The highest BCUT2D eigenvalue weighted by Gasteiger charge is 2.30. The summed E-state index contributed by atoms with van der Waals surface area (Å²) in [4.78, 5) is 21.2. The van der Waals surface area contributed by atoms with Crippen molar-refractivity contribution in [2.45, 2.75) is 45.4 Å². The summed E-state index contributed by atoms with van der Waals surface area (Å²) in [5.74, 6) is 1.71. The Balaban J connectivity index is 0.00000300. The zero-order valence-electron chi connectivity index (χ0n) is 17.8. The molecule has 1 aromatic carbocycles. The van der Waals surface area contributed by atoms with Crippen LogP contribution in [0.4, 0.5) is 5.69 Å². The predicted octanol–water partition coefficient (Wildman–Crippen LogP) is 3.49. The highest BCUT2D eigenvalue weighted by Crippen LogP contribution is 2.28. The molecular formula is C22H36IN5O. The predicted molar refractivity (Wildman–Crippen MR) is 131 cm³/mol. The van der Waals surface area contributed by atoms with Gasteiger partial charge < -0.3 is 16.0 Å². The van der Waals surface area contributed by atoms with E-state index in [1.165, 1.54) is 12.0 Å². The lowest BCUT2D eigenvalue weighted by atomic mass is 9.84. The van der Waals surface area contributed by atoms with E-state index in [2.05, 4.69) is 53.3 Å². The molecule has 2 aliphatic rings. The summed E-state index contributed by atoms with van der Waals surface area (Å²) in [6, 6.07) is 8.41. The van der Waals surface area contributed by atoms with Gasteiger partial charge in [-0.05, 0) is 42.9 Å². The first-order valence-electron chi connectivity index (χ1n) is 10.7. The lowest BCUT2D eigenvalue weighted by molar-refractivity contribution is -0.139. The monoisotopic (exact) mass is 513 g/mol. The molecule has 29 heavy (non-hydrogen) atoms. The first-order valence-corrected chi connectivity index (χ1v) is 10.7. The molecule has 0 spiro atoms. The fourth-order valence-electron chi connectivity index (χ4n) is 3.74. The number of benzene rings is 1. The Labute approximate surface area is 192 Å². The molecule has 1 unspecified atom stereocenters. The average Bonchev–Trinajstić information content (AvgIpc) is 2.67. The first kappa shape index (κ1) is 23.9. The van der Waals surface area contributed by atoms with Crippen molar-refractivity contribution < 1.29 is 4.79 Å². The van der Waals surface area contributed by atoms with Gasteiger partial charge in [0.25, 0.3) is 0 Å². The van der Waals surface area contributed by atoms with Crippen molar-refractivity contribution in [3.05, 3.63) is 29.8 Å². The second-order valence-electron chi connectivity index (χ2n) is 8.12. The van der Waals surface area contributed by atoms with Gasteiger partial charge in [-0.3, -0.25) is 14.7 Å². The Morgan fingerprint density at radius 1 is 1.21 bits per heavy atom. The number of carbonyl (C=O) groups excluding carboxylic acids is 1. The van der Waals surface area contributed by atoms with Crippen molar-refractivity contribution in [3.8, 4) is 0 Å². The number of piperazine rings is 1. The highest BCUT2D eigenvalue weighted by molar-refractivity contribution is 14.0. The number of halogens is 1. The van der Waals surface area contributed by atoms with Crippen LogP contribution in [-0.2, 0) is 4.79 Å². The van der Waals surface area contributed by atoms with E-state index in [0.717, 1.165) is 57.7 Å². The summed E-state index contributed by atoms with van der Waals surface area (Å²) < 4.78 is 0. The number of carbonyl (C=O) groups is 1. The van der Waals surface area contributed by atoms with E-state index in [-0.39, 0.29) is 24.0 Å². The molecular weight excluding hydrogens is 477 g/mol. The molecule has 1 atom stereocenters. The summed E-state index contributed by atoms with van der Waals surface area (Å²) >= 11 is 0. The Hall–Kier alpha value is -1.35. The van der Waals surface area contributed by atoms with E-state index < -0.39 is 0 Å². The van der Waals surface area contributed by atoms with E-state index in [9.17, 15) is 4.79 Å². The number of nitrogens with zero attached hydrogens (tertiary/aromatic N) is 3. The minimum absolute atomic E-state index is 0. The number of hydrogen-bond acceptors (Lipinski definition) is 3. The summed E-state index contributed by atoms with van der Waals surface area (Å²) in [6.45, 7) is 9.53. The quantitative estimate of drug-likeness (QED) is 0.333. The van der Waals surface area contributed by atoms with Crippen molar-refractivity contribution in [3.63, 3.8) is 0 Å². The molecule has 1 amide bonds. The van der Waals surface area contributed by atoms with E-state index in [1.54, 1.807) is 0 Å². The van der Waals surface area contributed by atoms with Gasteiger partial charge in [-0.15, -0.1) is 24.0 Å². The Morgan fingerprint density at radius 2 is 1.86 bits per heavy atom. The van der Waals surface area contributed by atoms with Crippen molar-refractivity contribution in [2.24, 2.45) is 16.6 Å². The first-order chi connectivity index (χ1) is 13.6. The SMILES string of the molecule is CCC(C)c1ccc(NC(N)=NCCN2CCN(C(=O)C3CCC3)CC2)cc1.I. The molecule has 0 radical (unpaired) electrons. The van der Waals surface area contributed by atoms with Crippen LogP contribution in [0.1, 0.15) is 51.0 Å².